The lowest BCUT2D eigenvalue weighted by Gasteiger charge is -2.20. The Morgan fingerprint density at radius 1 is 1.33 bits per heavy atom. The summed E-state index contributed by atoms with van der Waals surface area (Å²) in [6.45, 7) is 1.94. The molecule has 3 rings (SSSR count). The first-order valence-electron chi connectivity index (χ1n) is 6.94. The SMILES string of the molecule is CCc1cc(/C=C/C(=O)O)ccc1N1C(=O)C2CC2C1=O. The van der Waals surface area contributed by atoms with E-state index in [-0.39, 0.29) is 23.7 Å². The van der Waals surface area contributed by atoms with E-state index in [0.29, 0.717) is 18.5 Å². The zero-order valence-electron chi connectivity index (χ0n) is 11.6. The largest absolute Gasteiger partial charge is 0.478 e. The standard InChI is InChI=1S/C16H15NO4/c1-2-10-7-9(4-6-14(18)19)3-5-13(10)17-15(20)11-8-12(11)16(17)21/h3-7,11-12H,2,8H2,1H3,(H,18,19)/b6-4+. The van der Waals surface area contributed by atoms with Crippen molar-refractivity contribution in [2.75, 3.05) is 4.90 Å². The first-order valence-corrected chi connectivity index (χ1v) is 6.94. The summed E-state index contributed by atoms with van der Waals surface area (Å²) in [5.41, 5.74) is 2.24. The average Bonchev–Trinajstić information content (AvgIpc) is 3.21. The predicted molar refractivity (Wildman–Crippen MR) is 76.6 cm³/mol. The van der Waals surface area contributed by atoms with E-state index in [0.717, 1.165) is 17.2 Å². The quantitative estimate of drug-likeness (QED) is 0.677. The summed E-state index contributed by atoms with van der Waals surface area (Å²) >= 11 is 0. The number of aryl methyl sites for hydroxylation is 1. The smallest absolute Gasteiger partial charge is 0.328 e. The zero-order chi connectivity index (χ0) is 15.1. The van der Waals surface area contributed by atoms with Gasteiger partial charge in [-0.05, 0) is 42.2 Å². The first kappa shape index (κ1) is 13.5. The number of hydrogen-bond acceptors (Lipinski definition) is 3. The van der Waals surface area contributed by atoms with Crippen molar-refractivity contribution >= 4 is 29.5 Å². The third-order valence-corrected chi connectivity index (χ3v) is 4.01. The van der Waals surface area contributed by atoms with Crippen molar-refractivity contribution in [1.82, 2.24) is 0 Å². The van der Waals surface area contributed by atoms with Crippen LogP contribution in [0, 0.1) is 11.8 Å². The van der Waals surface area contributed by atoms with Crippen molar-refractivity contribution in [3.63, 3.8) is 0 Å². The van der Waals surface area contributed by atoms with E-state index in [1.54, 1.807) is 12.1 Å². The van der Waals surface area contributed by atoms with E-state index in [4.69, 9.17) is 5.11 Å². The number of hydrogen-bond donors (Lipinski definition) is 1. The van der Waals surface area contributed by atoms with Crippen LogP contribution in [0.15, 0.2) is 24.3 Å². The van der Waals surface area contributed by atoms with Gasteiger partial charge in [0.15, 0.2) is 0 Å². The number of anilines is 1. The van der Waals surface area contributed by atoms with Crippen LogP contribution in [-0.2, 0) is 20.8 Å². The Labute approximate surface area is 121 Å². The number of benzene rings is 1. The van der Waals surface area contributed by atoms with Gasteiger partial charge in [0.2, 0.25) is 11.8 Å². The molecule has 0 bridgehead atoms. The molecule has 21 heavy (non-hydrogen) atoms. The van der Waals surface area contributed by atoms with Crippen LogP contribution in [-0.4, -0.2) is 22.9 Å². The van der Waals surface area contributed by atoms with Gasteiger partial charge < -0.3 is 5.11 Å². The summed E-state index contributed by atoms with van der Waals surface area (Å²) in [5, 5.41) is 8.65. The minimum Gasteiger partial charge on any atom is -0.478 e. The summed E-state index contributed by atoms with van der Waals surface area (Å²) in [6.07, 6.45) is 3.91. The Morgan fingerprint density at radius 3 is 2.57 bits per heavy atom. The second-order valence-corrected chi connectivity index (χ2v) is 5.37. The van der Waals surface area contributed by atoms with Crippen molar-refractivity contribution in [2.45, 2.75) is 19.8 Å². The van der Waals surface area contributed by atoms with Crippen LogP contribution in [0.5, 0.6) is 0 Å². The number of nitrogens with zero attached hydrogens (tertiary/aromatic N) is 1. The molecule has 0 spiro atoms. The Bertz CT molecular complexity index is 657. The average molecular weight is 285 g/mol. The van der Waals surface area contributed by atoms with Gasteiger partial charge in [-0.2, -0.15) is 0 Å². The molecule has 2 atom stereocenters. The topological polar surface area (TPSA) is 74.7 Å². The summed E-state index contributed by atoms with van der Waals surface area (Å²) in [5.74, 6) is -1.45. The lowest BCUT2D eigenvalue weighted by atomic mass is 10.0. The van der Waals surface area contributed by atoms with Crippen molar-refractivity contribution in [1.29, 1.82) is 0 Å². The number of amides is 2. The van der Waals surface area contributed by atoms with Gasteiger partial charge in [-0.1, -0.05) is 13.0 Å². The van der Waals surface area contributed by atoms with E-state index in [2.05, 4.69) is 0 Å². The highest BCUT2D eigenvalue weighted by atomic mass is 16.4. The second kappa shape index (κ2) is 4.84. The number of carboxylic acid groups (broad SMARTS) is 1. The number of fused-ring (bicyclic) bond motifs is 1. The first-order chi connectivity index (χ1) is 10.0. The van der Waals surface area contributed by atoms with Gasteiger partial charge in [-0.15, -0.1) is 0 Å². The molecular weight excluding hydrogens is 270 g/mol. The van der Waals surface area contributed by atoms with E-state index in [1.807, 2.05) is 13.0 Å². The number of aliphatic carboxylic acids is 1. The molecule has 0 radical (unpaired) electrons. The van der Waals surface area contributed by atoms with Crippen LogP contribution in [0.1, 0.15) is 24.5 Å². The number of piperidine rings is 1. The van der Waals surface area contributed by atoms with E-state index in [9.17, 15) is 14.4 Å². The van der Waals surface area contributed by atoms with Crippen LogP contribution in [0.25, 0.3) is 6.08 Å². The minimum absolute atomic E-state index is 0.103. The molecule has 5 heteroatoms. The number of carbonyl (C=O) groups excluding carboxylic acids is 2. The molecule has 108 valence electrons. The van der Waals surface area contributed by atoms with Gasteiger partial charge >= 0.3 is 5.97 Å². The Morgan fingerprint density at radius 2 is 2.00 bits per heavy atom. The van der Waals surface area contributed by atoms with E-state index >= 15 is 0 Å². The molecule has 2 amide bonds. The highest BCUT2D eigenvalue weighted by molar-refractivity contribution is 6.25. The van der Waals surface area contributed by atoms with E-state index < -0.39 is 5.97 Å². The Hall–Kier alpha value is -2.43. The fourth-order valence-electron chi connectivity index (χ4n) is 2.80. The molecular formula is C16H15NO4. The van der Waals surface area contributed by atoms with Gasteiger partial charge in [-0.25, -0.2) is 9.69 Å². The van der Waals surface area contributed by atoms with Crippen LogP contribution < -0.4 is 4.90 Å². The molecule has 2 fully saturated rings. The third-order valence-electron chi connectivity index (χ3n) is 4.01. The molecule has 0 aromatic heterocycles. The van der Waals surface area contributed by atoms with Gasteiger partial charge in [0.05, 0.1) is 17.5 Å². The summed E-state index contributed by atoms with van der Waals surface area (Å²) in [6, 6.07) is 5.26. The highest BCUT2D eigenvalue weighted by Gasteiger charge is 2.59. The van der Waals surface area contributed by atoms with Crippen molar-refractivity contribution in [3.8, 4) is 0 Å². The molecule has 1 N–H and O–H groups in total. The van der Waals surface area contributed by atoms with Gasteiger partial charge in [0.1, 0.15) is 0 Å². The van der Waals surface area contributed by atoms with Gasteiger partial charge in [0, 0.05) is 6.08 Å². The maximum atomic E-state index is 12.1. The molecule has 5 nitrogen and oxygen atoms in total. The van der Waals surface area contributed by atoms with Gasteiger partial charge in [-0.3, -0.25) is 9.59 Å². The molecule has 1 saturated carbocycles. The third kappa shape index (κ3) is 2.24. The molecule has 2 unspecified atom stereocenters. The summed E-state index contributed by atoms with van der Waals surface area (Å²) in [4.78, 5) is 36.1. The van der Waals surface area contributed by atoms with E-state index in [1.165, 1.54) is 11.0 Å². The van der Waals surface area contributed by atoms with Crippen LogP contribution in [0.4, 0.5) is 5.69 Å². The molecule has 1 aliphatic heterocycles. The normalized spacial score (nSPS) is 23.8. The maximum Gasteiger partial charge on any atom is 0.328 e. The fourth-order valence-corrected chi connectivity index (χ4v) is 2.80. The lowest BCUT2D eigenvalue weighted by Crippen LogP contribution is -2.33. The van der Waals surface area contributed by atoms with Crippen molar-refractivity contribution < 1.29 is 19.5 Å². The van der Waals surface area contributed by atoms with Crippen LogP contribution in [0.3, 0.4) is 0 Å². The van der Waals surface area contributed by atoms with Gasteiger partial charge in [0.25, 0.3) is 0 Å². The molecule has 1 aliphatic carbocycles. The molecule has 1 aromatic rings. The number of rotatable bonds is 4. The predicted octanol–water partition coefficient (Wildman–Crippen LogP) is 1.86. The van der Waals surface area contributed by atoms with Crippen LogP contribution >= 0.6 is 0 Å². The summed E-state index contributed by atoms with van der Waals surface area (Å²) < 4.78 is 0. The minimum atomic E-state index is -1.01. The van der Waals surface area contributed by atoms with Crippen LogP contribution in [0.2, 0.25) is 0 Å². The Balaban J connectivity index is 1.94. The number of carbonyl (C=O) groups is 3. The number of carboxylic acids is 1. The Kier molecular flexibility index (Phi) is 3.12. The number of imide groups is 1. The maximum absolute atomic E-state index is 12.1. The summed E-state index contributed by atoms with van der Waals surface area (Å²) in [7, 11) is 0. The van der Waals surface area contributed by atoms with Crippen molar-refractivity contribution in [2.24, 2.45) is 11.8 Å². The fraction of sp³-hybridized carbons (Fsp3) is 0.312. The zero-order valence-corrected chi connectivity index (χ0v) is 11.6. The highest BCUT2D eigenvalue weighted by Crippen LogP contribution is 2.48. The van der Waals surface area contributed by atoms with Crippen molar-refractivity contribution in [3.05, 3.63) is 35.4 Å². The molecule has 2 aliphatic rings. The molecule has 1 aromatic carbocycles. The molecule has 1 heterocycles. The second-order valence-electron chi connectivity index (χ2n) is 5.37. The monoisotopic (exact) mass is 285 g/mol. The lowest BCUT2D eigenvalue weighted by molar-refractivity contribution is -0.131. The molecule has 1 saturated heterocycles.